The fourth-order valence-corrected chi connectivity index (χ4v) is 4.11. The summed E-state index contributed by atoms with van der Waals surface area (Å²) in [7, 11) is 1.69. The SMILES string of the molecule is CCN1C(=O)C2C(N=C3N(c4ccc(C)c(Cl)c4)C(C)=C(C)N32)N(C)C1=O. The molecule has 3 aliphatic heterocycles. The molecule has 0 aliphatic carbocycles. The van der Waals surface area contributed by atoms with Crippen molar-refractivity contribution in [3.63, 3.8) is 0 Å². The minimum atomic E-state index is -0.538. The summed E-state index contributed by atoms with van der Waals surface area (Å²) in [5, 5.41) is 0.674. The number of aliphatic imine (C=N–C) groups is 1. The van der Waals surface area contributed by atoms with Gasteiger partial charge in [-0.15, -0.1) is 0 Å². The number of aryl methyl sites for hydroxylation is 1. The first kappa shape index (κ1) is 17.9. The van der Waals surface area contributed by atoms with Crippen molar-refractivity contribution >= 4 is 35.2 Å². The van der Waals surface area contributed by atoms with Gasteiger partial charge in [0.25, 0.3) is 5.91 Å². The van der Waals surface area contributed by atoms with Gasteiger partial charge in [-0.1, -0.05) is 17.7 Å². The molecule has 1 aromatic rings. The molecule has 7 nitrogen and oxygen atoms in total. The van der Waals surface area contributed by atoms with Crippen molar-refractivity contribution in [1.29, 1.82) is 0 Å². The Morgan fingerprint density at radius 1 is 1.15 bits per heavy atom. The number of guanidine groups is 1. The van der Waals surface area contributed by atoms with Gasteiger partial charge in [0.15, 0.2) is 12.2 Å². The van der Waals surface area contributed by atoms with Crippen LogP contribution in [-0.4, -0.2) is 58.4 Å². The number of likely N-dealkylation sites (N-methyl/N-ethyl adjacent to an activating group) is 2. The first-order valence-electron chi connectivity index (χ1n) is 8.96. The Balaban J connectivity index is 1.81. The van der Waals surface area contributed by atoms with Crippen LogP contribution in [0.5, 0.6) is 0 Å². The number of fused-ring (bicyclic) bond motifs is 3. The zero-order chi connectivity index (χ0) is 19.6. The molecule has 8 heteroatoms. The number of benzene rings is 1. The van der Waals surface area contributed by atoms with Gasteiger partial charge in [-0.2, -0.15) is 0 Å². The van der Waals surface area contributed by atoms with E-state index in [0.717, 1.165) is 22.6 Å². The van der Waals surface area contributed by atoms with Crippen molar-refractivity contribution in [2.45, 2.75) is 39.9 Å². The van der Waals surface area contributed by atoms with Crippen LogP contribution in [0.25, 0.3) is 0 Å². The average molecular weight is 388 g/mol. The summed E-state index contributed by atoms with van der Waals surface area (Å²) in [4.78, 5) is 37.1. The lowest BCUT2D eigenvalue weighted by molar-refractivity contribution is -0.136. The first-order valence-corrected chi connectivity index (χ1v) is 9.34. The van der Waals surface area contributed by atoms with Crippen molar-refractivity contribution in [3.05, 3.63) is 40.2 Å². The van der Waals surface area contributed by atoms with Crippen LogP contribution in [0.1, 0.15) is 26.3 Å². The number of carbonyl (C=O) groups is 2. The molecule has 27 heavy (non-hydrogen) atoms. The van der Waals surface area contributed by atoms with E-state index in [-0.39, 0.29) is 11.9 Å². The number of urea groups is 1. The Morgan fingerprint density at radius 3 is 2.48 bits per heavy atom. The predicted octanol–water partition coefficient (Wildman–Crippen LogP) is 3.00. The van der Waals surface area contributed by atoms with Gasteiger partial charge in [-0.3, -0.25) is 19.5 Å². The molecule has 0 aromatic heterocycles. The minimum absolute atomic E-state index is 0.208. The highest BCUT2D eigenvalue weighted by Crippen LogP contribution is 2.40. The van der Waals surface area contributed by atoms with Crippen molar-refractivity contribution in [1.82, 2.24) is 14.7 Å². The monoisotopic (exact) mass is 387 g/mol. The Hall–Kier alpha value is -2.54. The Labute approximate surface area is 163 Å². The molecule has 1 saturated heterocycles. The third-order valence-corrected chi connectivity index (χ3v) is 6.03. The van der Waals surface area contributed by atoms with E-state index in [2.05, 4.69) is 0 Å². The van der Waals surface area contributed by atoms with E-state index in [1.807, 2.05) is 48.8 Å². The number of allylic oxidation sites excluding steroid dienone is 2. The fraction of sp³-hybridized carbons (Fsp3) is 0.421. The highest BCUT2D eigenvalue weighted by molar-refractivity contribution is 6.31. The quantitative estimate of drug-likeness (QED) is 0.782. The number of imide groups is 1. The van der Waals surface area contributed by atoms with Crippen molar-refractivity contribution < 1.29 is 9.59 Å². The van der Waals surface area contributed by atoms with Crippen LogP contribution in [0.3, 0.4) is 0 Å². The zero-order valence-corrected chi connectivity index (χ0v) is 16.8. The summed E-state index contributed by atoms with van der Waals surface area (Å²) in [6.45, 7) is 8.07. The summed E-state index contributed by atoms with van der Waals surface area (Å²) in [5.74, 6) is 0.450. The van der Waals surface area contributed by atoms with Gasteiger partial charge < -0.3 is 4.90 Å². The third-order valence-electron chi connectivity index (χ3n) is 5.62. The molecule has 0 bridgehead atoms. The van der Waals surface area contributed by atoms with Crippen LogP contribution in [0.15, 0.2) is 34.6 Å². The van der Waals surface area contributed by atoms with Gasteiger partial charge in [0.05, 0.1) is 5.69 Å². The van der Waals surface area contributed by atoms with Gasteiger partial charge >= 0.3 is 6.03 Å². The van der Waals surface area contributed by atoms with Crippen LogP contribution in [0.2, 0.25) is 5.02 Å². The van der Waals surface area contributed by atoms with Gasteiger partial charge in [0.1, 0.15) is 0 Å². The highest BCUT2D eigenvalue weighted by Gasteiger charge is 2.55. The number of rotatable bonds is 2. The maximum atomic E-state index is 13.0. The molecular formula is C19H22ClN5O2. The van der Waals surface area contributed by atoms with Crippen LogP contribution in [-0.2, 0) is 4.79 Å². The molecule has 0 N–H and O–H groups in total. The van der Waals surface area contributed by atoms with Crippen molar-refractivity contribution in [2.24, 2.45) is 4.99 Å². The number of anilines is 1. The summed E-state index contributed by atoms with van der Waals surface area (Å²) < 4.78 is 0. The Kier molecular flexibility index (Phi) is 3.96. The molecule has 0 radical (unpaired) electrons. The normalized spacial score (nSPS) is 24.7. The van der Waals surface area contributed by atoms with E-state index >= 15 is 0 Å². The number of carbonyl (C=O) groups excluding carboxylic acids is 2. The summed E-state index contributed by atoms with van der Waals surface area (Å²) >= 11 is 6.33. The molecule has 1 aromatic carbocycles. The third kappa shape index (κ3) is 2.31. The highest BCUT2D eigenvalue weighted by atomic mass is 35.5. The molecule has 0 saturated carbocycles. The van der Waals surface area contributed by atoms with E-state index in [9.17, 15) is 9.59 Å². The average Bonchev–Trinajstić information content (AvgIpc) is 3.13. The number of amides is 3. The van der Waals surface area contributed by atoms with Gasteiger partial charge in [-0.05, 0) is 45.4 Å². The van der Waals surface area contributed by atoms with Crippen molar-refractivity contribution in [2.75, 3.05) is 18.5 Å². The number of hydrogen-bond acceptors (Lipinski definition) is 5. The van der Waals surface area contributed by atoms with Crippen LogP contribution in [0.4, 0.5) is 10.5 Å². The first-order chi connectivity index (χ1) is 12.8. The maximum Gasteiger partial charge on any atom is 0.328 e. The molecule has 2 unspecified atom stereocenters. The predicted molar refractivity (Wildman–Crippen MR) is 104 cm³/mol. The minimum Gasteiger partial charge on any atom is -0.302 e. The second-order valence-electron chi connectivity index (χ2n) is 7.07. The summed E-state index contributed by atoms with van der Waals surface area (Å²) in [6, 6.07) is 5.00. The topological polar surface area (TPSA) is 59.5 Å². The number of hydrogen-bond donors (Lipinski definition) is 0. The van der Waals surface area contributed by atoms with Crippen LogP contribution in [0, 0.1) is 6.92 Å². The number of nitrogens with zero attached hydrogens (tertiary/aromatic N) is 5. The maximum absolute atomic E-state index is 13.0. The van der Waals surface area contributed by atoms with E-state index in [4.69, 9.17) is 16.6 Å². The van der Waals surface area contributed by atoms with Crippen LogP contribution < -0.4 is 4.90 Å². The lowest BCUT2D eigenvalue weighted by Crippen LogP contribution is -2.64. The van der Waals surface area contributed by atoms with Crippen molar-refractivity contribution in [3.8, 4) is 0 Å². The lowest BCUT2D eigenvalue weighted by Gasteiger charge is -2.40. The zero-order valence-electron chi connectivity index (χ0n) is 16.0. The van der Waals surface area contributed by atoms with Gasteiger partial charge in [0.2, 0.25) is 5.96 Å². The Morgan fingerprint density at radius 2 is 1.85 bits per heavy atom. The largest absolute Gasteiger partial charge is 0.328 e. The molecule has 3 heterocycles. The van der Waals surface area contributed by atoms with Crippen LogP contribution >= 0.6 is 11.6 Å². The van der Waals surface area contributed by atoms with E-state index in [1.54, 1.807) is 18.9 Å². The molecule has 3 amide bonds. The molecular weight excluding hydrogens is 366 g/mol. The molecule has 4 rings (SSSR count). The van der Waals surface area contributed by atoms with E-state index < -0.39 is 12.2 Å². The molecule has 0 spiro atoms. The molecule has 142 valence electrons. The summed E-state index contributed by atoms with van der Waals surface area (Å²) in [5.41, 5.74) is 3.82. The number of halogens is 1. The molecule has 2 atom stereocenters. The van der Waals surface area contributed by atoms with E-state index in [0.29, 0.717) is 17.5 Å². The van der Waals surface area contributed by atoms with Gasteiger partial charge in [-0.25, -0.2) is 9.79 Å². The standard InChI is InChI=1S/C19H22ClN5O2/c1-6-23-17(26)15-16(22(5)19(23)27)21-18-24(11(3)12(4)25(15)18)13-8-7-10(2)14(20)9-13/h7-9,15-16H,6H2,1-5H3. The second-order valence-corrected chi connectivity index (χ2v) is 7.48. The summed E-state index contributed by atoms with van der Waals surface area (Å²) in [6.07, 6.45) is -0.533. The van der Waals surface area contributed by atoms with E-state index in [1.165, 1.54) is 4.90 Å². The molecule has 3 aliphatic rings. The smallest absolute Gasteiger partial charge is 0.302 e. The fourth-order valence-electron chi connectivity index (χ4n) is 3.93. The second kappa shape index (κ2) is 5.99. The lowest BCUT2D eigenvalue weighted by atomic mass is 10.1. The van der Waals surface area contributed by atoms with Gasteiger partial charge in [0, 0.05) is 30.0 Å². The Bertz CT molecular complexity index is 925. The molecule has 1 fully saturated rings.